The Morgan fingerprint density at radius 1 is 1.21 bits per heavy atom. The van der Waals surface area contributed by atoms with Gasteiger partial charge >= 0.3 is 6.61 Å². The number of carbonyl (C=O) groups excluding carboxylic acids is 1. The van der Waals surface area contributed by atoms with E-state index in [0.29, 0.717) is 5.13 Å². The van der Waals surface area contributed by atoms with Gasteiger partial charge in [0.1, 0.15) is 5.75 Å². The van der Waals surface area contributed by atoms with E-state index in [1.807, 2.05) is 24.3 Å². The number of alkyl halides is 2. The van der Waals surface area contributed by atoms with Crippen molar-refractivity contribution in [3.05, 3.63) is 54.1 Å². The summed E-state index contributed by atoms with van der Waals surface area (Å²) < 4.78 is 29.5. The van der Waals surface area contributed by atoms with E-state index in [1.54, 1.807) is 19.2 Å². The summed E-state index contributed by atoms with van der Waals surface area (Å²) in [5.41, 5.74) is 1.57. The Morgan fingerprint density at radius 2 is 1.92 bits per heavy atom. The first-order valence-corrected chi connectivity index (χ1v) is 8.00. The van der Waals surface area contributed by atoms with Gasteiger partial charge in [-0.25, -0.2) is 4.98 Å². The van der Waals surface area contributed by atoms with Crippen LogP contribution in [0.3, 0.4) is 0 Å². The summed E-state index contributed by atoms with van der Waals surface area (Å²) in [6.07, 6.45) is 0.154. The van der Waals surface area contributed by atoms with Gasteiger partial charge in [0.2, 0.25) is 5.91 Å². The van der Waals surface area contributed by atoms with Gasteiger partial charge in [0, 0.05) is 7.05 Å². The number of nitrogens with zero attached hydrogens (tertiary/aromatic N) is 2. The van der Waals surface area contributed by atoms with Gasteiger partial charge in [-0.2, -0.15) is 8.78 Å². The van der Waals surface area contributed by atoms with Crippen LogP contribution in [0.2, 0.25) is 0 Å². The first-order chi connectivity index (χ1) is 11.5. The molecule has 0 aliphatic rings. The maximum atomic E-state index is 12.4. The van der Waals surface area contributed by atoms with E-state index in [1.165, 1.54) is 28.4 Å². The summed E-state index contributed by atoms with van der Waals surface area (Å²) in [6, 6.07) is 13.7. The molecule has 0 spiro atoms. The second-order valence-electron chi connectivity index (χ2n) is 5.12. The number of likely N-dealkylation sites (N-methyl/N-ethyl adjacent to an activating group) is 1. The Morgan fingerprint density at radius 3 is 2.58 bits per heavy atom. The molecule has 1 amide bonds. The van der Waals surface area contributed by atoms with E-state index >= 15 is 0 Å². The Kier molecular flexibility index (Phi) is 4.71. The molecule has 3 aromatic rings. The molecule has 0 fully saturated rings. The molecule has 1 aromatic heterocycles. The van der Waals surface area contributed by atoms with Gasteiger partial charge < -0.3 is 4.74 Å². The highest BCUT2D eigenvalue weighted by Crippen LogP contribution is 2.28. The minimum atomic E-state index is -2.86. The van der Waals surface area contributed by atoms with E-state index in [4.69, 9.17) is 0 Å². The molecule has 124 valence electrons. The van der Waals surface area contributed by atoms with Gasteiger partial charge in [-0.15, -0.1) is 0 Å². The van der Waals surface area contributed by atoms with Crippen LogP contribution in [0.4, 0.5) is 13.9 Å². The van der Waals surface area contributed by atoms with E-state index in [0.717, 1.165) is 15.8 Å². The lowest BCUT2D eigenvalue weighted by Gasteiger charge is -2.13. The monoisotopic (exact) mass is 348 g/mol. The van der Waals surface area contributed by atoms with Crippen molar-refractivity contribution < 1.29 is 18.3 Å². The lowest BCUT2D eigenvalue weighted by atomic mass is 10.1. The molecule has 0 aliphatic carbocycles. The van der Waals surface area contributed by atoms with Crippen LogP contribution in [0.1, 0.15) is 5.56 Å². The second-order valence-corrected chi connectivity index (χ2v) is 6.13. The highest BCUT2D eigenvalue weighted by molar-refractivity contribution is 7.22. The first kappa shape index (κ1) is 16.3. The number of carbonyl (C=O) groups is 1. The summed E-state index contributed by atoms with van der Waals surface area (Å²) in [5.74, 6) is -0.0580. The number of fused-ring (bicyclic) bond motifs is 1. The van der Waals surface area contributed by atoms with Crippen LogP contribution in [0, 0.1) is 0 Å². The molecule has 2 aromatic carbocycles. The number of ether oxygens (including phenoxy) is 1. The maximum absolute atomic E-state index is 12.4. The third-order valence-corrected chi connectivity index (χ3v) is 4.56. The van der Waals surface area contributed by atoms with E-state index in [-0.39, 0.29) is 18.1 Å². The minimum Gasteiger partial charge on any atom is -0.435 e. The van der Waals surface area contributed by atoms with Crippen molar-refractivity contribution in [2.24, 2.45) is 0 Å². The Bertz CT molecular complexity index is 816. The normalized spacial score (nSPS) is 11.0. The molecule has 0 bridgehead atoms. The van der Waals surface area contributed by atoms with Gasteiger partial charge in [0.05, 0.1) is 16.6 Å². The Balaban J connectivity index is 1.69. The fourth-order valence-corrected chi connectivity index (χ4v) is 3.14. The Labute approximate surface area is 141 Å². The van der Waals surface area contributed by atoms with E-state index < -0.39 is 6.61 Å². The number of hydrogen-bond acceptors (Lipinski definition) is 4. The van der Waals surface area contributed by atoms with Crippen molar-refractivity contribution in [1.82, 2.24) is 4.98 Å². The first-order valence-electron chi connectivity index (χ1n) is 7.19. The lowest BCUT2D eigenvalue weighted by molar-refractivity contribution is -0.117. The molecule has 0 radical (unpaired) electrons. The fourth-order valence-electron chi connectivity index (χ4n) is 2.19. The number of hydrogen-bond donors (Lipinski definition) is 0. The largest absolute Gasteiger partial charge is 0.435 e. The standard InChI is InChI=1S/C17H14F2N2O2S/c1-21(17-20-13-4-2-3-5-14(13)24-17)15(22)10-11-6-8-12(9-7-11)23-16(18)19/h2-9,16H,10H2,1H3. The number of benzene rings is 2. The molecule has 0 aliphatic heterocycles. The van der Waals surface area contributed by atoms with Crippen LogP contribution in [0.5, 0.6) is 5.75 Å². The topological polar surface area (TPSA) is 42.4 Å². The van der Waals surface area contributed by atoms with Crippen LogP contribution in [0.15, 0.2) is 48.5 Å². The van der Waals surface area contributed by atoms with Gasteiger partial charge in [-0.3, -0.25) is 9.69 Å². The molecule has 0 unspecified atom stereocenters. The predicted octanol–water partition coefficient (Wildman–Crippen LogP) is 4.10. The number of aromatic nitrogens is 1. The summed E-state index contributed by atoms with van der Waals surface area (Å²) >= 11 is 1.44. The van der Waals surface area contributed by atoms with Gasteiger partial charge in [-0.05, 0) is 29.8 Å². The van der Waals surface area contributed by atoms with E-state index in [9.17, 15) is 13.6 Å². The number of amides is 1. The SMILES string of the molecule is CN(C(=O)Cc1ccc(OC(F)F)cc1)c1nc2ccccc2s1. The highest BCUT2D eigenvalue weighted by atomic mass is 32.1. The molecule has 1 heterocycles. The molecule has 24 heavy (non-hydrogen) atoms. The van der Waals surface area contributed by atoms with Crippen molar-refractivity contribution >= 4 is 32.6 Å². The zero-order valence-corrected chi connectivity index (χ0v) is 13.6. The molecule has 3 rings (SSSR count). The maximum Gasteiger partial charge on any atom is 0.387 e. The number of thiazole rings is 1. The van der Waals surface area contributed by atoms with Crippen molar-refractivity contribution in [2.75, 3.05) is 11.9 Å². The van der Waals surface area contributed by atoms with Crippen LogP contribution in [-0.4, -0.2) is 24.6 Å². The van der Waals surface area contributed by atoms with Crippen LogP contribution < -0.4 is 9.64 Å². The van der Waals surface area contributed by atoms with Gasteiger partial charge in [0.15, 0.2) is 5.13 Å². The third kappa shape index (κ3) is 3.68. The van der Waals surface area contributed by atoms with Crippen LogP contribution >= 0.6 is 11.3 Å². The lowest BCUT2D eigenvalue weighted by Crippen LogP contribution is -2.27. The zero-order chi connectivity index (χ0) is 17.1. The second kappa shape index (κ2) is 6.92. The molecule has 0 saturated carbocycles. The molecular formula is C17H14F2N2O2S. The van der Waals surface area contributed by atoms with Crippen molar-refractivity contribution in [1.29, 1.82) is 0 Å². The fraction of sp³-hybridized carbons (Fsp3) is 0.176. The molecule has 4 nitrogen and oxygen atoms in total. The number of rotatable bonds is 5. The molecule has 0 atom stereocenters. The smallest absolute Gasteiger partial charge is 0.387 e. The minimum absolute atomic E-state index is 0.0701. The highest BCUT2D eigenvalue weighted by Gasteiger charge is 2.16. The van der Waals surface area contributed by atoms with Crippen molar-refractivity contribution in [3.63, 3.8) is 0 Å². The summed E-state index contributed by atoms with van der Waals surface area (Å²) in [7, 11) is 1.67. The molecule has 0 N–H and O–H groups in total. The number of para-hydroxylation sites is 1. The third-order valence-electron chi connectivity index (χ3n) is 3.45. The average Bonchev–Trinajstić information content (AvgIpc) is 2.99. The summed E-state index contributed by atoms with van der Waals surface area (Å²) in [4.78, 5) is 18.3. The summed E-state index contributed by atoms with van der Waals surface area (Å²) in [5, 5.41) is 0.624. The van der Waals surface area contributed by atoms with E-state index in [2.05, 4.69) is 9.72 Å². The number of halogens is 2. The quantitative estimate of drug-likeness (QED) is 0.697. The van der Waals surface area contributed by atoms with Crippen LogP contribution in [0.25, 0.3) is 10.2 Å². The van der Waals surface area contributed by atoms with Crippen molar-refractivity contribution in [2.45, 2.75) is 13.0 Å². The average molecular weight is 348 g/mol. The molecule has 0 saturated heterocycles. The van der Waals surface area contributed by atoms with Gasteiger partial charge in [-0.1, -0.05) is 35.6 Å². The number of anilines is 1. The zero-order valence-electron chi connectivity index (χ0n) is 12.8. The Hall–Kier alpha value is -2.54. The van der Waals surface area contributed by atoms with Crippen LogP contribution in [-0.2, 0) is 11.2 Å². The summed E-state index contributed by atoms with van der Waals surface area (Å²) in [6.45, 7) is -2.86. The van der Waals surface area contributed by atoms with Gasteiger partial charge in [0.25, 0.3) is 0 Å². The molecular weight excluding hydrogens is 334 g/mol. The molecule has 7 heteroatoms. The van der Waals surface area contributed by atoms with Crippen molar-refractivity contribution in [3.8, 4) is 5.75 Å². The predicted molar refractivity (Wildman–Crippen MR) is 89.8 cm³/mol.